The van der Waals surface area contributed by atoms with Crippen LogP contribution in [0.4, 0.5) is 0 Å². The molecule has 0 bridgehead atoms. The first-order valence-electron chi connectivity index (χ1n) is 6.18. The second kappa shape index (κ2) is 6.38. The molecule has 1 aromatic heterocycles. The first kappa shape index (κ1) is 13.7. The van der Waals surface area contributed by atoms with Crippen molar-refractivity contribution >= 4 is 5.91 Å². The largest absolute Gasteiger partial charge is 0.339 e. The number of amides is 1. The van der Waals surface area contributed by atoms with Crippen molar-refractivity contribution in [3.8, 4) is 0 Å². The SMILES string of the molecule is CC(C)CCC(=O)N(C)C(C)c1ccncc1. The van der Waals surface area contributed by atoms with Gasteiger partial charge in [0.2, 0.25) is 5.91 Å². The van der Waals surface area contributed by atoms with Gasteiger partial charge >= 0.3 is 0 Å². The van der Waals surface area contributed by atoms with E-state index in [4.69, 9.17) is 0 Å². The minimum Gasteiger partial charge on any atom is -0.339 e. The summed E-state index contributed by atoms with van der Waals surface area (Å²) >= 11 is 0. The molecule has 1 atom stereocenters. The lowest BCUT2D eigenvalue weighted by atomic mass is 10.1. The topological polar surface area (TPSA) is 33.2 Å². The second-order valence-electron chi connectivity index (χ2n) is 4.89. The molecule has 94 valence electrons. The molecule has 1 heterocycles. The van der Waals surface area contributed by atoms with E-state index in [1.807, 2.05) is 31.0 Å². The molecule has 0 saturated carbocycles. The van der Waals surface area contributed by atoms with Gasteiger partial charge in [0, 0.05) is 25.9 Å². The fourth-order valence-corrected chi connectivity index (χ4v) is 1.67. The van der Waals surface area contributed by atoms with Crippen molar-refractivity contribution in [3.63, 3.8) is 0 Å². The van der Waals surface area contributed by atoms with Gasteiger partial charge in [-0.05, 0) is 37.0 Å². The van der Waals surface area contributed by atoms with Gasteiger partial charge in [-0.25, -0.2) is 0 Å². The minimum atomic E-state index is 0.109. The Balaban J connectivity index is 2.57. The van der Waals surface area contributed by atoms with Crippen molar-refractivity contribution in [1.82, 2.24) is 9.88 Å². The molecule has 0 aromatic carbocycles. The fourth-order valence-electron chi connectivity index (χ4n) is 1.67. The van der Waals surface area contributed by atoms with Gasteiger partial charge in [-0.3, -0.25) is 9.78 Å². The van der Waals surface area contributed by atoms with Gasteiger partial charge in [-0.15, -0.1) is 0 Å². The highest BCUT2D eigenvalue weighted by molar-refractivity contribution is 5.76. The first-order valence-corrected chi connectivity index (χ1v) is 6.18. The van der Waals surface area contributed by atoms with E-state index in [0.717, 1.165) is 12.0 Å². The van der Waals surface area contributed by atoms with Crippen molar-refractivity contribution < 1.29 is 4.79 Å². The number of aromatic nitrogens is 1. The average Bonchev–Trinajstić information content (AvgIpc) is 2.35. The molecule has 0 saturated heterocycles. The highest BCUT2D eigenvalue weighted by Crippen LogP contribution is 2.19. The van der Waals surface area contributed by atoms with Crippen molar-refractivity contribution in [3.05, 3.63) is 30.1 Å². The molecule has 0 spiro atoms. The summed E-state index contributed by atoms with van der Waals surface area (Å²) in [7, 11) is 1.87. The third-order valence-corrected chi connectivity index (χ3v) is 3.10. The number of carbonyl (C=O) groups excluding carboxylic acids is 1. The average molecular weight is 234 g/mol. The van der Waals surface area contributed by atoms with Crippen LogP contribution in [0, 0.1) is 5.92 Å². The minimum absolute atomic E-state index is 0.109. The standard InChI is InChI=1S/C14H22N2O/c1-11(2)5-6-14(17)16(4)12(3)13-7-9-15-10-8-13/h7-12H,5-6H2,1-4H3. The van der Waals surface area contributed by atoms with E-state index in [2.05, 4.69) is 18.8 Å². The summed E-state index contributed by atoms with van der Waals surface area (Å²) in [5, 5.41) is 0. The summed E-state index contributed by atoms with van der Waals surface area (Å²) < 4.78 is 0. The monoisotopic (exact) mass is 234 g/mol. The van der Waals surface area contributed by atoms with Crippen LogP contribution < -0.4 is 0 Å². The molecule has 1 amide bonds. The predicted octanol–water partition coefficient (Wildman–Crippen LogP) is 3.04. The zero-order valence-corrected chi connectivity index (χ0v) is 11.2. The van der Waals surface area contributed by atoms with E-state index in [1.165, 1.54) is 0 Å². The van der Waals surface area contributed by atoms with Gasteiger partial charge in [-0.1, -0.05) is 13.8 Å². The molecule has 1 unspecified atom stereocenters. The van der Waals surface area contributed by atoms with Gasteiger partial charge in [0.05, 0.1) is 6.04 Å². The smallest absolute Gasteiger partial charge is 0.222 e. The van der Waals surface area contributed by atoms with Crippen LogP contribution in [0.15, 0.2) is 24.5 Å². The Bertz CT molecular complexity index is 348. The van der Waals surface area contributed by atoms with Crippen LogP contribution in [-0.2, 0) is 4.79 Å². The summed E-state index contributed by atoms with van der Waals surface area (Å²) in [6, 6.07) is 4.02. The quantitative estimate of drug-likeness (QED) is 0.784. The molecule has 0 aliphatic rings. The molecule has 1 aromatic rings. The first-order chi connectivity index (χ1) is 8.02. The number of pyridine rings is 1. The molecule has 0 radical (unpaired) electrons. The van der Waals surface area contributed by atoms with Crippen molar-refractivity contribution in [2.45, 2.75) is 39.7 Å². The lowest BCUT2D eigenvalue weighted by molar-refractivity contribution is -0.132. The second-order valence-corrected chi connectivity index (χ2v) is 4.89. The maximum Gasteiger partial charge on any atom is 0.222 e. The summed E-state index contributed by atoms with van der Waals surface area (Å²) in [4.78, 5) is 17.8. The molecule has 0 aliphatic carbocycles. The Hall–Kier alpha value is -1.38. The molecule has 0 fully saturated rings. The van der Waals surface area contributed by atoms with E-state index in [-0.39, 0.29) is 11.9 Å². The fraction of sp³-hybridized carbons (Fsp3) is 0.571. The highest BCUT2D eigenvalue weighted by Gasteiger charge is 2.16. The lowest BCUT2D eigenvalue weighted by Crippen LogP contribution is -2.29. The molecule has 17 heavy (non-hydrogen) atoms. The van der Waals surface area contributed by atoms with E-state index in [9.17, 15) is 4.79 Å². The number of nitrogens with zero attached hydrogens (tertiary/aromatic N) is 2. The number of hydrogen-bond donors (Lipinski definition) is 0. The molecule has 1 rings (SSSR count). The molecule has 0 N–H and O–H groups in total. The van der Waals surface area contributed by atoms with Crippen LogP contribution in [-0.4, -0.2) is 22.8 Å². The van der Waals surface area contributed by atoms with Crippen LogP contribution in [0.1, 0.15) is 45.2 Å². The zero-order chi connectivity index (χ0) is 12.8. The van der Waals surface area contributed by atoms with Crippen LogP contribution >= 0.6 is 0 Å². The van der Waals surface area contributed by atoms with Crippen LogP contribution in [0.3, 0.4) is 0 Å². The van der Waals surface area contributed by atoms with E-state index < -0.39 is 0 Å². The number of rotatable bonds is 5. The highest BCUT2D eigenvalue weighted by atomic mass is 16.2. The Labute approximate surface area is 104 Å². The van der Waals surface area contributed by atoms with Crippen LogP contribution in [0.5, 0.6) is 0 Å². The van der Waals surface area contributed by atoms with E-state index >= 15 is 0 Å². The summed E-state index contributed by atoms with van der Waals surface area (Å²) in [5.41, 5.74) is 1.13. The Kier molecular flexibility index (Phi) is 5.13. The number of hydrogen-bond acceptors (Lipinski definition) is 2. The van der Waals surface area contributed by atoms with Gasteiger partial charge in [0.25, 0.3) is 0 Å². The van der Waals surface area contributed by atoms with Crippen LogP contribution in [0.25, 0.3) is 0 Å². The molecule has 0 aliphatic heterocycles. The van der Waals surface area contributed by atoms with Gasteiger partial charge in [-0.2, -0.15) is 0 Å². The summed E-state index contributed by atoms with van der Waals surface area (Å²) in [6.07, 6.45) is 5.10. The maximum atomic E-state index is 12.0. The molecular formula is C14H22N2O. The third-order valence-electron chi connectivity index (χ3n) is 3.10. The molecular weight excluding hydrogens is 212 g/mol. The molecule has 3 nitrogen and oxygen atoms in total. The Morgan fingerprint density at radius 1 is 1.29 bits per heavy atom. The summed E-state index contributed by atoms with van der Waals surface area (Å²) in [6.45, 7) is 6.32. The van der Waals surface area contributed by atoms with Gasteiger partial charge in [0.1, 0.15) is 0 Å². The third kappa shape index (κ3) is 4.17. The zero-order valence-electron chi connectivity index (χ0n) is 11.2. The van der Waals surface area contributed by atoms with Gasteiger partial charge < -0.3 is 4.90 Å². The van der Waals surface area contributed by atoms with Gasteiger partial charge in [0.15, 0.2) is 0 Å². The predicted molar refractivity (Wildman–Crippen MR) is 69.5 cm³/mol. The van der Waals surface area contributed by atoms with Crippen LogP contribution in [0.2, 0.25) is 0 Å². The van der Waals surface area contributed by atoms with E-state index in [1.54, 1.807) is 12.4 Å². The Morgan fingerprint density at radius 3 is 2.41 bits per heavy atom. The lowest BCUT2D eigenvalue weighted by Gasteiger charge is -2.25. The number of carbonyl (C=O) groups is 1. The van der Waals surface area contributed by atoms with Crippen molar-refractivity contribution in [2.75, 3.05) is 7.05 Å². The summed E-state index contributed by atoms with van der Waals surface area (Å²) in [5.74, 6) is 0.784. The van der Waals surface area contributed by atoms with Crippen molar-refractivity contribution in [2.24, 2.45) is 5.92 Å². The normalized spacial score (nSPS) is 12.5. The Morgan fingerprint density at radius 2 is 1.88 bits per heavy atom. The van der Waals surface area contributed by atoms with Crippen molar-refractivity contribution in [1.29, 1.82) is 0 Å². The molecule has 3 heteroatoms. The maximum absolute atomic E-state index is 12.0. The van der Waals surface area contributed by atoms with E-state index in [0.29, 0.717) is 12.3 Å².